The Bertz CT molecular complexity index is 1450. The number of rotatable bonds is 5. The molecule has 8 heteroatoms. The molecule has 0 saturated heterocycles. The van der Waals surface area contributed by atoms with Gasteiger partial charge in [0.25, 0.3) is 5.91 Å². The first-order chi connectivity index (χ1) is 16.0. The lowest BCUT2D eigenvalue weighted by molar-refractivity contribution is 0.102. The lowest BCUT2D eigenvalue weighted by Crippen LogP contribution is -2.13. The van der Waals surface area contributed by atoms with Crippen LogP contribution in [0.25, 0.3) is 33.6 Å². The topological polar surface area (TPSA) is 95.1 Å². The highest BCUT2D eigenvalue weighted by atomic mass is 16.5. The Balaban J connectivity index is 1.54. The van der Waals surface area contributed by atoms with Gasteiger partial charge in [0.15, 0.2) is 11.4 Å². The SMILES string of the molecule is COc1cccc(-c2cc(C(=O)Nc3ccc(-c4ccno4)cc3)c3c(C)nn(C)c3n2)c1. The van der Waals surface area contributed by atoms with Crippen LogP contribution in [0.15, 0.2) is 71.4 Å². The van der Waals surface area contributed by atoms with Crippen molar-refractivity contribution >= 4 is 22.6 Å². The van der Waals surface area contributed by atoms with Crippen molar-refractivity contribution in [3.8, 4) is 28.3 Å². The monoisotopic (exact) mass is 439 g/mol. The van der Waals surface area contributed by atoms with Crippen LogP contribution in [0.5, 0.6) is 5.75 Å². The van der Waals surface area contributed by atoms with Gasteiger partial charge in [-0.2, -0.15) is 5.10 Å². The zero-order valence-corrected chi connectivity index (χ0v) is 18.4. The summed E-state index contributed by atoms with van der Waals surface area (Å²) < 4.78 is 12.2. The maximum absolute atomic E-state index is 13.4. The van der Waals surface area contributed by atoms with Crippen molar-refractivity contribution in [1.29, 1.82) is 0 Å². The molecule has 0 atom stereocenters. The van der Waals surface area contributed by atoms with Gasteiger partial charge >= 0.3 is 0 Å². The molecule has 2 aromatic carbocycles. The second-order valence-electron chi connectivity index (χ2n) is 7.60. The Labute approximate surface area is 189 Å². The molecular weight excluding hydrogens is 418 g/mol. The van der Waals surface area contributed by atoms with Crippen LogP contribution in [0.4, 0.5) is 5.69 Å². The number of hydrogen-bond acceptors (Lipinski definition) is 6. The van der Waals surface area contributed by atoms with Crippen LogP contribution in [0.3, 0.4) is 0 Å². The fraction of sp³-hybridized carbons (Fsp3) is 0.120. The molecule has 3 heterocycles. The molecule has 0 fully saturated rings. The Kier molecular flexibility index (Phi) is 5.10. The highest BCUT2D eigenvalue weighted by Gasteiger charge is 2.20. The molecule has 33 heavy (non-hydrogen) atoms. The van der Waals surface area contributed by atoms with Crippen LogP contribution in [-0.4, -0.2) is 32.9 Å². The Morgan fingerprint density at radius 2 is 1.88 bits per heavy atom. The van der Waals surface area contributed by atoms with Gasteiger partial charge in [-0.25, -0.2) is 4.98 Å². The van der Waals surface area contributed by atoms with Crippen LogP contribution in [-0.2, 0) is 7.05 Å². The summed E-state index contributed by atoms with van der Waals surface area (Å²) in [7, 11) is 3.44. The van der Waals surface area contributed by atoms with Gasteiger partial charge in [-0.15, -0.1) is 0 Å². The van der Waals surface area contributed by atoms with Crippen LogP contribution < -0.4 is 10.1 Å². The first-order valence-corrected chi connectivity index (χ1v) is 10.3. The van der Waals surface area contributed by atoms with Crippen LogP contribution in [0.1, 0.15) is 16.1 Å². The molecule has 8 nitrogen and oxygen atoms in total. The van der Waals surface area contributed by atoms with Crippen molar-refractivity contribution in [1.82, 2.24) is 19.9 Å². The molecule has 5 aromatic rings. The molecule has 0 unspecified atom stereocenters. The lowest BCUT2D eigenvalue weighted by Gasteiger charge is -2.10. The molecule has 164 valence electrons. The predicted molar refractivity (Wildman–Crippen MR) is 125 cm³/mol. The quantitative estimate of drug-likeness (QED) is 0.420. The van der Waals surface area contributed by atoms with Gasteiger partial charge in [-0.05, 0) is 49.4 Å². The standard InChI is InChI=1S/C25H21N5O3/c1-15-23-20(25(31)27-18-9-7-16(8-10-18)22-11-12-26-33-22)14-21(28-24(23)30(2)29-15)17-5-4-6-19(13-17)32-3/h4-14H,1-3H3,(H,27,31). The molecule has 0 bridgehead atoms. The maximum atomic E-state index is 13.4. The number of anilines is 1. The average molecular weight is 439 g/mol. The number of aromatic nitrogens is 4. The first kappa shape index (κ1) is 20.4. The van der Waals surface area contributed by atoms with Crippen LogP contribution >= 0.6 is 0 Å². The molecule has 3 aromatic heterocycles. The summed E-state index contributed by atoms with van der Waals surface area (Å²) >= 11 is 0. The van der Waals surface area contributed by atoms with E-state index in [-0.39, 0.29) is 5.91 Å². The first-order valence-electron chi connectivity index (χ1n) is 10.3. The van der Waals surface area contributed by atoms with E-state index < -0.39 is 0 Å². The van der Waals surface area contributed by atoms with E-state index in [1.807, 2.05) is 62.5 Å². The largest absolute Gasteiger partial charge is 0.497 e. The van der Waals surface area contributed by atoms with E-state index in [0.29, 0.717) is 34.1 Å². The van der Waals surface area contributed by atoms with E-state index >= 15 is 0 Å². The summed E-state index contributed by atoms with van der Waals surface area (Å²) in [6, 6.07) is 18.6. The van der Waals surface area contributed by atoms with E-state index in [4.69, 9.17) is 14.2 Å². The third-order valence-corrected chi connectivity index (χ3v) is 5.44. The number of hydrogen-bond donors (Lipinski definition) is 1. The molecule has 1 amide bonds. The summed E-state index contributed by atoms with van der Waals surface area (Å²) in [5, 5.41) is 11.9. The molecule has 0 aliphatic rings. The molecule has 0 aliphatic heterocycles. The van der Waals surface area contributed by atoms with Crippen LogP contribution in [0.2, 0.25) is 0 Å². The highest BCUT2D eigenvalue weighted by molar-refractivity contribution is 6.13. The van der Waals surface area contributed by atoms with Gasteiger partial charge in [0.1, 0.15) is 5.75 Å². The van der Waals surface area contributed by atoms with Crippen molar-refractivity contribution < 1.29 is 14.1 Å². The van der Waals surface area contributed by atoms with Crippen molar-refractivity contribution in [2.45, 2.75) is 6.92 Å². The summed E-state index contributed by atoms with van der Waals surface area (Å²) in [4.78, 5) is 18.2. The van der Waals surface area contributed by atoms with E-state index in [1.165, 1.54) is 0 Å². The highest BCUT2D eigenvalue weighted by Crippen LogP contribution is 2.29. The zero-order valence-electron chi connectivity index (χ0n) is 18.4. The number of nitrogens with one attached hydrogen (secondary N) is 1. The van der Waals surface area contributed by atoms with Gasteiger partial charge in [0.05, 0.1) is 35.6 Å². The number of fused-ring (bicyclic) bond motifs is 1. The van der Waals surface area contributed by atoms with Gasteiger partial charge < -0.3 is 14.6 Å². The number of aryl methyl sites for hydroxylation is 2. The number of carbonyl (C=O) groups excluding carboxylic acids is 1. The number of ether oxygens (including phenoxy) is 1. The summed E-state index contributed by atoms with van der Waals surface area (Å²) in [5.74, 6) is 1.14. The van der Waals surface area contributed by atoms with Crippen molar-refractivity contribution in [3.63, 3.8) is 0 Å². The predicted octanol–water partition coefficient (Wildman–Crippen LogP) is 4.86. The smallest absolute Gasteiger partial charge is 0.256 e. The van der Waals surface area contributed by atoms with Gasteiger partial charge in [-0.1, -0.05) is 17.3 Å². The summed E-state index contributed by atoms with van der Waals surface area (Å²) in [6.07, 6.45) is 1.59. The molecular formula is C25H21N5O3. The number of nitrogens with zero attached hydrogens (tertiary/aromatic N) is 4. The van der Waals surface area contributed by atoms with E-state index in [2.05, 4.69) is 15.6 Å². The number of pyridine rings is 1. The second kappa shape index (κ2) is 8.23. The molecule has 1 N–H and O–H groups in total. The molecule has 0 radical (unpaired) electrons. The molecule has 0 spiro atoms. The summed E-state index contributed by atoms with van der Waals surface area (Å²) in [6.45, 7) is 1.87. The molecule has 5 rings (SSSR count). The number of carbonyl (C=O) groups is 1. The van der Waals surface area contributed by atoms with E-state index in [0.717, 1.165) is 22.2 Å². The Morgan fingerprint density at radius 1 is 1.06 bits per heavy atom. The third kappa shape index (κ3) is 3.82. The minimum atomic E-state index is -0.241. The normalized spacial score (nSPS) is 11.0. The van der Waals surface area contributed by atoms with E-state index in [9.17, 15) is 4.79 Å². The van der Waals surface area contributed by atoms with Crippen LogP contribution in [0, 0.1) is 6.92 Å². The van der Waals surface area contributed by atoms with Gasteiger partial charge in [-0.3, -0.25) is 9.48 Å². The Morgan fingerprint density at radius 3 is 2.61 bits per heavy atom. The zero-order chi connectivity index (χ0) is 22.9. The average Bonchev–Trinajstić information content (AvgIpc) is 3.47. The van der Waals surface area contributed by atoms with Crippen molar-refractivity contribution in [2.24, 2.45) is 7.05 Å². The minimum absolute atomic E-state index is 0.241. The summed E-state index contributed by atoms with van der Waals surface area (Å²) in [5.41, 5.74) is 4.93. The van der Waals surface area contributed by atoms with Gasteiger partial charge in [0.2, 0.25) is 0 Å². The number of methoxy groups -OCH3 is 1. The van der Waals surface area contributed by atoms with Crippen molar-refractivity contribution in [3.05, 3.63) is 78.1 Å². The molecule has 0 saturated carbocycles. The Hall–Kier alpha value is -4.46. The number of amides is 1. The van der Waals surface area contributed by atoms with Crippen molar-refractivity contribution in [2.75, 3.05) is 12.4 Å². The molecule has 0 aliphatic carbocycles. The third-order valence-electron chi connectivity index (χ3n) is 5.44. The maximum Gasteiger partial charge on any atom is 0.256 e. The second-order valence-corrected chi connectivity index (χ2v) is 7.60. The van der Waals surface area contributed by atoms with Gasteiger partial charge in [0, 0.05) is 29.9 Å². The fourth-order valence-corrected chi connectivity index (χ4v) is 3.84. The minimum Gasteiger partial charge on any atom is -0.497 e. The fourth-order valence-electron chi connectivity index (χ4n) is 3.84. The lowest BCUT2D eigenvalue weighted by atomic mass is 10.0. The number of benzene rings is 2. The van der Waals surface area contributed by atoms with E-state index in [1.54, 1.807) is 30.1 Å².